The number of rotatable bonds is 7. The Hall–Kier alpha value is -2.04. The molecule has 0 saturated carbocycles. The normalized spacial score (nSPS) is 18.6. The van der Waals surface area contributed by atoms with Gasteiger partial charge in [0.2, 0.25) is 16.0 Å². The summed E-state index contributed by atoms with van der Waals surface area (Å²) in [4.78, 5) is 12.8. The summed E-state index contributed by atoms with van der Waals surface area (Å²) in [7, 11) is -3.46. The quantitative estimate of drug-likeness (QED) is 0.739. The first kappa shape index (κ1) is 18.7. The van der Waals surface area contributed by atoms with Crippen molar-refractivity contribution in [1.82, 2.24) is 29.4 Å². The average molecular weight is 378 g/mol. The molecular weight excluding hydrogens is 354 g/mol. The number of sulfonamides is 1. The van der Waals surface area contributed by atoms with Crippen molar-refractivity contribution in [3.8, 4) is 0 Å². The van der Waals surface area contributed by atoms with Gasteiger partial charge in [-0.05, 0) is 18.6 Å². The molecule has 0 amide bonds. The highest BCUT2D eigenvalue weighted by molar-refractivity contribution is 7.88. The summed E-state index contributed by atoms with van der Waals surface area (Å²) < 4.78 is 28.7. The van der Waals surface area contributed by atoms with E-state index in [1.54, 1.807) is 41.6 Å². The number of piperazine rings is 1. The van der Waals surface area contributed by atoms with Crippen LogP contribution in [-0.2, 0) is 15.8 Å². The SMILES string of the molecule is [CH2]CCC(NS(C)(=O)=O)(N1CCN(c2ncccn2)CC1)n1cccn1. The van der Waals surface area contributed by atoms with E-state index in [-0.39, 0.29) is 0 Å². The van der Waals surface area contributed by atoms with Gasteiger partial charge in [0.15, 0.2) is 5.79 Å². The van der Waals surface area contributed by atoms with Crippen molar-refractivity contribution in [3.63, 3.8) is 0 Å². The van der Waals surface area contributed by atoms with Crippen LogP contribution in [0.25, 0.3) is 0 Å². The zero-order chi connectivity index (χ0) is 18.6. The van der Waals surface area contributed by atoms with Gasteiger partial charge in [-0.3, -0.25) is 4.90 Å². The van der Waals surface area contributed by atoms with Crippen LogP contribution in [0.4, 0.5) is 5.95 Å². The van der Waals surface area contributed by atoms with Crippen LogP contribution in [0.15, 0.2) is 36.9 Å². The van der Waals surface area contributed by atoms with Crippen LogP contribution in [0.2, 0.25) is 0 Å². The van der Waals surface area contributed by atoms with Gasteiger partial charge >= 0.3 is 0 Å². The van der Waals surface area contributed by atoms with Gasteiger partial charge in [-0.2, -0.15) is 9.82 Å². The van der Waals surface area contributed by atoms with Crippen molar-refractivity contribution in [2.24, 2.45) is 0 Å². The zero-order valence-electron chi connectivity index (χ0n) is 14.8. The molecule has 1 aliphatic heterocycles. The van der Waals surface area contributed by atoms with Gasteiger partial charge in [-0.25, -0.2) is 23.1 Å². The van der Waals surface area contributed by atoms with E-state index in [0.717, 1.165) is 0 Å². The molecule has 141 valence electrons. The molecule has 0 spiro atoms. The summed E-state index contributed by atoms with van der Waals surface area (Å²) in [6.45, 7) is 6.59. The zero-order valence-corrected chi connectivity index (χ0v) is 15.6. The van der Waals surface area contributed by atoms with E-state index in [9.17, 15) is 8.42 Å². The molecule has 10 heteroatoms. The smallest absolute Gasteiger partial charge is 0.225 e. The number of nitrogens with zero attached hydrogens (tertiary/aromatic N) is 6. The Balaban J connectivity index is 1.86. The fourth-order valence-corrected chi connectivity index (χ4v) is 4.26. The van der Waals surface area contributed by atoms with Gasteiger partial charge in [-0.15, -0.1) is 0 Å². The van der Waals surface area contributed by atoms with Crippen molar-refractivity contribution in [3.05, 3.63) is 43.8 Å². The molecule has 1 radical (unpaired) electrons. The molecule has 1 atom stereocenters. The lowest BCUT2D eigenvalue weighted by molar-refractivity contribution is -0.0174. The standard InChI is InChI=1S/C16H24N7O2S/c1-3-6-16(20-26(2,24)25,23-10-5-9-19-23)22-13-11-21(12-14-22)15-17-7-4-8-18-15/h4-5,7-10,20H,1,3,6,11-14H2,2H3. The Morgan fingerprint density at radius 3 is 2.38 bits per heavy atom. The molecule has 1 saturated heterocycles. The largest absolute Gasteiger partial charge is 0.338 e. The van der Waals surface area contributed by atoms with Crippen LogP contribution in [-0.4, -0.2) is 65.5 Å². The molecule has 1 aliphatic rings. The second-order valence-corrected chi connectivity index (χ2v) is 8.02. The Kier molecular flexibility index (Phi) is 5.54. The highest BCUT2D eigenvalue weighted by Gasteiger charge is 2.42. The molecule has 26 heavy (non-hydrogen) atoms. The molecule has 3 rings (SSSR count). The third kappa shape index (κ3) is 4.02. The first-order valence-corrected chi connectivity index (χ1v) is 10.4. The minimum Gasteiger partial charge on any atom is -0.338 e. The summed E-state index contributed by atoms with van der Waals surface area (Å²) in [5.41, 5.74) is 0. The average Bonchev–Trinajstić information content (AvgIpc) is 3.16. The summed E-state index contributed by atoms with van der Waals surface area (Å²) in [5, 5.41) is 4.33. The van der Waals surface area contributed by atoms with E-state index in [1.807, 2.05) is 0 Å². The van der Waals surface area contributed by atoms with Gasteiger partial charge in [-0.1, -0.05) is 6.92 Å². The van der Waals surface area contributed by atoms with Crippen LogP contribution in [0.3, 0.4) is 0 Å². The minimum absolute atomic E-state index is 0.504. The molecule has 1 fully saturated rings. The Bertz CT molecular complexity index is 789. The number of hydrogen-bond acceptors (Lipinski definition) is 7. The van der Waals surface area contributed by atoms with Crippen LogP contribution in [0, 0.1) is 6.92 Å². The van der Waals surface area contributed by atoms with Crippen molar-refractivity contribution < 1.29 is 8.42 Å². The summed E-state index contributed by atoms with van der Waals surface area (Å²) in [6, 6.07) is 3.57. The topological polar surface area (TPSA) is 96.3 Å². The van der Waals surface area contributed by atoms with Gasteiger partial charge in [0.1, 0.15) is 0 Å². The van der Waals surface area contributed by atoms with Crippen LogP contribution >= 0.6 is 0 Å². The molecule has 0 aliphatic carbocycles. The van der Waals surface area contributed by atoms with Crippen molar-refractivity contribution in [2.75, 3.05) is 37.3 Å². The molecule has 9 nitrogen and oxygen atoms in total. The first-order valence-electron chi connectivity index (χ1n) is 8.50. The van der Waals surface area contributed by atoms with Crippen molar-refractivity contribution in [2.45, 2.75) is 18.6 Å². The number of hydrogen-bond donors (Lipinski definition) is 1. The fourth-order valence-electron chi connectivity index (χ4n) is 3.34. The number of anilines is 1. The van der Waals surface area contributed by atoms with E-state index < -0.39 is 15.8 Å². The second-order valence-electron chi connectivity index (χ2n) is 6.27. The predicted molar refractivity (Wildman–Crippen MR) is 98.6 cm³/mol. The summed E-state index contributed by atoms with van der Waals surface area (Å²) in [5.74, 6) is -0.285. The Morgan fingerprint density at radius 1 is 1.15 bits per heavy atom. The molecule has 1 N–H and O–H groups in total. The minimum atomic E-state index is -3.46. The van der Waals surface area contributed by atoms with Gasteiger partial charge < -0.3 is 4.90 Å². The van der Waals surface area contributed by atoms with Crippen LogP contribution < -0.4 is 9.62 Å². The highest BCUT2D eigenvalue weighted by atomic mass is 32.2. The molecular formula is C16H24N7O2S. The van der Waals surface area contributed by atoms with E-state index >= 15 is 0 Å². The molecule has 1 unspecified atom stereocenters. The first-order chi connectivity index (χ1) is 12.4. The molecule has 2 aromatic heterocycles. The van der Waals surface area contributed by atoms with Gasteiger partial charge in [0, 0.05) is 57.4 Å². The third-order valence-corrected chi connectivity index (χ3v) is 5.09. The van der Waals surface area contributed by atoms with E-state index in [0.29, 0.717) is 45.0 Å². The molecule has 0 aromatic carbocycles. The van der Waals surface area contributed by atoms with E-state index in [2.05, 4.69) is 36.5 Å². The maximum atomic E-state index is 12.1. The second kappa shape index (κ2) is 7.68. The van der Waals surface area contributed by atoms with Crippen LogP contribution in [0.1, 0.15) is 12.8 Å². The fraction of sp³-hybridized carbons (Fsp3) is 0.500. The summed E-state index contributed by atoms with van der Waals surface area (Å²) in [6.07, 6.45) is 9.10. The number of nitrogens with one attached hydrogen (secondary N) is 1. The number of aromatic nitrogens is 4. The lowest BCUT2D eigenvalue weighted by Gasteiger charge is -2.47. The lowest BCUT2D eigenvalue weighted by Crippen LogP contribution is -2.65. The van der Waals surface area contributed by atoms with Gasteiger partial charge in [0.25, 0.3) is 0 Å². The maximum absolute atomic E-state index is 12.1. The van der Waals surface area contributed by atoms with Crippen LogP contribution in [0.5, 0.6) is 0 Å². The van der Waals surface area contributed by atoms with E-state index in [1.165, 1.54) is 6.26 Å². The van der Waals surface area contributed by atoms with Crippen molar-refractivity contribution in [1.29, 1.82) is 0 Å². The summed E-state index contributed by atoms with van der Waals surface area (Å²) >= 11 is 0. The molecule has 2 aromatic rings. The maximum Gasteiger partial charge on any atom is 0.225 e. The highest BCUT2D eigenvalue weighted by Crippen LogP contribution is 2.27. The molecule has 3 heterocycles. The third-order valence-electron chi connectivity index (χ3n) is 4.40. The van der Waals surface area contributed by atoms with Gasteiger partial charge in [0.05, 0.1) is 6.26 Å². The predicted octanol–water partition coefficient (Wildman–Crippen LogP) is 0.269. The van der Waals surface area contributed by atoms with Crippen molar-refractivity contribution >= 4 is 16.0 Å². The molecule has 0 bridgehead atoms. The Morgan fingerprint density at radius 2 is 1.85 bits per heavy atom. The monoisotopic (exact) mass is 378 g/mol. The van der Waals surface area contributed by atoms with E-state index in [4.69, 9.17) is 0 Å². The Labute approximate surface area is 154 Å². The lowest BCUT2D eigenvalue weighted by atomic mass is 10.1.